The van der Waals surface area contributed by atoms with Gasteiger partial charge in [-0.15, -0.1) is 0 Å². The molecular formula is C20H19F4NO5S. The number of nitrogens with one attached hydrogen (secondary N) is 1. The number of sulfone groups is 1. The highest BCUT2D eigenvalue weighted by Crippen LogP contribution is 2.24. The molecule has 0 saturated carbocycles. The number of carbonyl (C=O) groups excluding carboxylic acids is 2. The standard InChI is InChI=1S/C20H19F4NO5S/c1-3-30-18(26)16-9-8-15(11-17(16)21)31(28,29)14-6-4-13(5-7-14)10-12(2)25-19(27)20(22,23)24/h4-9,11-12H,3,10H2,1-2H3,(H,25,27)/t12-/m1/s1. The van der Waals surface area contributed by atoms with Gasteiger partial charge < -0.3 is 10.1 Å². The first kappa shape index (κ1) is 24.3. The smallest absolute Gasteiger partial charge is 0.462 e. The van der Waals surface area contributed by atoms with Crippen LogP contribution >= 0.6 is 0 Å². The maximum absolute atomic E-state index is 14.2. The molecule has 31 heavy (non-hydrogen) atoms. The second kappa shape index (κ2) is 9.46. The van der Waals surface area contributed by atoms with E-state index in [4.69, 9.17) is 0 Å². The van der Waals surface area contributed by atoms with Gasteiger partial charge in [0.15, 0.2) is 0 Å². The molecule has 0 spiro atoms. The average molecular weight is 461 g/mol. The zero-order valence-electron chi connectivity index (χ0n) is 16.5. The number of esters is 1. The summed E-state index contributed by atoms with van der Waals surface area (Å²) in [5, 5.41) is 1.81. The lowest BCUT2D eigenvalue weighted by molar-refractivity contribution is -0.174. The molecule has 1 N–H and O–H groups in total. The molecule has 168 valence electrons. The molecular weight excluding hydrogens is 442 g/mol. The molecule has 1 atom stereocenters. The fraction of sp³-hybridized carbons (Fsp3) is 0.300. The normalized spacial score (nSPS) is 12.8. The lowest BCUT2D eigenvalue weighted by atomic mass is 10.1. The van der Waals surface area contributed by atoms with Gasteiger partial charge in [-0.25, -0.2) is 17.6 Å². The van der Waals surface area contributed by atoms with Gasteiger partial charge in [-0.2, -0.15) is 13.2 Å². The van der Waals surface area contributed by atoms with Gasteiger partial charge in [-0.05, 0) is 56.2 Å². The molecule has 0 saturated heterocycles. The van der Waals surface area contributed by atoms with E-state index in [9.17, 15) is 35.6 Å². The molecule has 11 heteroatoms. The summed E-state index contributed by atoms with van der Waals surface area (Å²) in [6.45, 7) is 2.95. The molecule has 0 unspecified atom stereocenters. The predicted octanol–water partition coefficient (Wildman–Crippen LogP) is 3.44. The zero-order valence-corrected chi connectivity index (χ0v) is 17.3. The average Bonchev–Trinajstić information content (AvgIpc) is 2.67. The van der Waals surface area contributed by atoms with Gasteiger partial charge in [0.05, 0.1) is 22.0 Å². The van der Waals surface area contributed by atoms with Gasteiger partial charge in [0.2, 0.25) is 9.84 Å². The van der Waals surface area contributed by atoms with Crippen LogP contribution in [0.4, 0.5) is 17.6 Å². The summed E-state index contributed by atoms with van der Waals surface area (Å²) in [6, 6.07) is 7.16. The van der Waals surface area contributed by atoms with E-state index in [0.29, 0.717) is 11.6 Å². The largest absolute Gasteiger partial charge is 0.471 e. The Bertz CT molecular complexity index is 1070. The second-order valence-electron chi connectivity index (χ2n) is 6.59. The fourth-order valence-corrected chi connectivity index (χ4v) is 3.96. The van der Waals surface area contributed by atoms with E-state index in [0.717, 1.165) is 12.1 Å². The molecule has 0 aliphatic carbocycles. The molecule has 1 amide bonds. The van der Waals surface area contributed by atoms with Crippen LogP contribution in [0.1, 0.15) is 29.8 Å². The number of benzene rings is 2. The van der Waals surface area contributed by atoms with Gasteiger partial charge in [-0.1, -0.05) is 12.1 Å². The third-order valence-electron chi connectivity index (χ3n) is 4.16. The van der Waals surface area contributed by atoms with E-state index in [1.165, 1.54) is 31.2 Å². The number of hydrogen-bond donors (Lipinski definition) is 1. The van der Waals surface area contributed by atoms with Crippen LogP contribution in [0.15, 0.2) is 52.3 Å². The third kappa shape index (κ3) is 6.03. The van der Waals surface area contributed by atoms with Crippen molar-refractivity contribution >= 4 is 21.7 Å². The first-order chi connectivity index (χ1) is 14.4. The quantitative estimate of drug-likeness (QED) is 0.504. The number of alkyl halides is 3. The molecule has 6 nitrogen and oxygen atoms in total. The van der Waals surface area contributed by atoms with Crippen LogP contribution in [0.3, 0.4) is 0 Å². The molecule has 0 fully saturated rings. The minimum atomic E-state index is -5.00. The van der Waals surface area contributed by atoms with Crippen molar-refractivity contribution in [3.63, 3.8) is 0 Å². The molecule has 0 radical (unpaired) electrons. The van der Waals surface area contributed by atoms with Crippen LogP contribution in [0.2, 0.25) is 0 Å². The Kier molecular flexibility index (Phi) is 7.42. The van der Waals surface area contributed by atoms with Crippen molar-refractivity contribution in [2.75, 3.05) is 6.61 Å². The summed E-state index contributed by atoms with van der Waals surface area (Å²) in [5.41, 5.74) is 0.0869. The zero-order chi connectivity index (χ0) is 23.4. The summed E-state index contributed by atoms with van der Waals surface area (Å²) < 4.78 is 81.2. The Labute approximate surface area is 176 Å². The van der Waals surface area contributed by atoms with Gasteiger partial charge in [-0.3, -0.25) is 4.79 Å². The number of rotatable bonds is 7. The Hall–Kier alpha value is -2.95. The lowest BCUT2D eigenvalue weighted by Crippen LogP contribution is -2.42. The lowest BCUT2D eigenvalue weighted by Gasteiger charge is -2.15. The number of ether oxygens (including phenoxy) is 1. The maximum atomic E-state index is 14.2. The molecule has 2 aromatic carbocycles. The first-order valence-electron chi connectivity index (χ1n) is 9.04. The van der Waals surface area contributed by atoms with Gasteiger partial charge in [0.25, 0.3) is 0 Å². The predicted molar refractivity (Wildman–Crippen MR) is 102 cm³/mol. The van der Waals surface area contributed by atoms with E-state index in [2.05, 4.69) is 4.74 Å². The summed E-state index contributed by atoms with van der Waals surface area (Å²) in [5.74, 6) is -4.03. The van der Waals surface area contributed by atoms with Crippen LogP contribution in [-0.4, -0.2) is 39.1 Å². The van der Waals surface area contributed by atoms with Crippen LogP contribution in [-0.2, 0) is 25.8 Å². The maximum Gasteiger partial charge on any atom is 0.471 e. The summed E-state index contributed by atoms with van der Waals surface area (Å²) in [7, 11) is -4.11. The topological polar surface area (TPSA) is 89.5 Å². The Morgan fingerprint density at radius 2 is 1.65 bits per heavy atom. The van der Waals surface area contributed by atoms with Crippen LogP contribution < -0.4 is 5.32 Å². The summed E-state index contributed by atoms with van der Waals surface area (Å²) in [4.78, 5) is 22.1. The number of carbonyl (C=O) groups is 2. The van der Waals surface area contributed by atoms with Crippen molar-refractivity contribution < 1.29 is 40.3 Å². The second-order valence-corrected chi connectivity index (χ2v) is 8.54. The third-order valence-corrected chi connectivity index (χ3v) is 5.92. The Morgan fingerprint density at radius 1 is 1.06 bits per heavy atom. The molecule has 2 aromatic rings. The van der Waals surface area contributed by atoms with Crippen molar-refractivity contribution in [2.24, 2.45) is 0 Å². The van der Waals surface area contributed by atoms with E-state index >= 15 is 0 Å². The monoisotopic (exact) mass is 461 g/mol. The number of hydrogen-bond acceptors (Lipinski definition) is 5. The van der Waals surface area contributed by atoms with Crippen molar-refractivity contribution in [3.05, 3.63) is 59.4 Å². The highest BCUT2D eigenvalue weighted by molar-refractivity contribution is 7.91. The molecule has 2 rings (SSSR count). The highest BCUT2D eigenvalue weighted by atomic mass is 32.2. The summed E-state index contributed by atoms with van der Waals surface area (Å²) in [6.07, 6.45) is -4.96. The van der Waals surface area contributed by atoms with Gasteiger partial charge in [0.1, 0.15) is 5.82 Å². The van der Waals surface area contributed by atoms with Crippen LogP contribution in [0.5, 0.6) is 0 Å². The van der Waals surface area contributed by atoms with Crippen molar-refractivity contribution in [1.82, 2.24) is 5.32 Å². The molecule has 0 bridgehead atoms. The minimum Gasteiger partial charge on any atom is -0.462 e. The molecule has 0 heterocycles. The highest BCUT2D eigenvalue weighted by Gasteiger charge is 2.39. The van der Waals surface area contributed by atoms with Gasteiger partial charge in [0, 0.05) is 6.04 Å². The molecule has 0 aliphatic heterocycles. The van der Waals surface area contributed by atoms with E-state index in [-0.39, 0.29) is 22.8 Å². The van der Waals surface area contributed by atoms with Crippen LogP contribution in [0, 0.1) is 5.82 Å². The minimum absolute atomic E-state index is 0.0309. The van der Waals surface area contributed by atoms with Crippen LogP contribution in [0.25, 0.3) is 0 Å². The Balaban J connectivity index is 2.17. The fourth-order valence-electron chi connectivity index (χ4n) is 2.69. The van der Waals surface area contributed by atoms with E-state index in [1.807, 2.05) is 0 Å². The van der Waals surface area contributed by atoms with E-state index in [1.54, 1.807) is 12.2 Å². The molecule has 0 aliphatic rings. The summed E-state index contributed by atoms with van der Waals surface area (Å²) >= 11 is 0. The van der Waals surface area contributed by atoms with Crippen molar-refractivity contribution in [2.45, 2.75) is 42.3 Å². The van der Waals surface area contributed by atoms with Gasteiger partial charge >= 0.3 is 18.1 Å². The van der Waals surface area contributed by atoms with Crippen molar-refractivity contribution in [3.8, 4) is 0 Å². The number of amides is 1. The number of halogens is 4. The SMILES string of the molecule is CCOC(=O)c1ccc(S(=O)(=O)c2ccc(C[C@@H](C)NC(=O)C(F)(F)F)cc2)cc1F. The van der Waals surface area contributed by atoms with E-state index < -0.39 is 45.3 Å². The van der Waals surface area contributed by atoms with Crippen molar-refractivity contribution in [1.29, 1.82) is 0 Å². The molecule has 0 aromatic heterocycles. The Morgan fingerprint density at radius 3 is 2.16 bits per heavy atom. The first-order valence-corrected chi connectivity index (χ1v) is 10.5.